The van der Waals surface area contributed by atoms with Gasteiger partial charge in [-0.25, -0.2) is 18.2 Å². The zero-order valence-electron chi connectivity index (χ0n) is 12.3. The first-order valence-electron chi connectivity index (χ1n) is 6.62. The summed E-state index contributed by atoms with van der Waals surface area (Å²) in [5.41, 5.74) is 6.89. The van der Waals surface area contributed by atoms with Gasteiger partial charge in [0.1, 0.15) is 0 Å². The van der Waals surface area contributed by atoms with Gasteiger partial charge in [-0.2, -0.15) is 0 Å². The molecule has 0 saturated carbocycles. The molecule has 0 saturated heterocycles. The van der Waals surface area contributed by atoms with E-state index in [0.29, 0.717) is 11.3 Å². The number of amides is 2. The third-order valence-corrected chi connectivity index (χ3v) is 5.15. The maximum atomic E-state index is 11.9. The summed E-state index contributed by atoms with van der Waals surface area (Å²) in [5.74, 6) is 0. The largest absolute Gasteiger partial charge is 0.350 e. The van der Waals surface area contributed by atoms with Gasteiger partial charge in [0.15, 0.2) is 9.84 Å². The van der Waals surface area contributed by atoms with Crippen LogP contribution in [0.2, 0.25) is 10.0 Å². The highest BCUT2D eigenvalue weighted by Gasteiger charge is 2.34. The van der Waals surface area contributed by atoms with Crippen molar-refractivity contribution in [1.29, 1.82) is 0 Å². The summed E-state index contributed by atoms with van der Waals surface area (Å²) >= 11 is 12.5. The number of urea groups is 1. The molecule has 1 radical (unpaired) electrons. The van der Waals surface area contributed by atoms with Gasteiger partial charge in [-0.05, 0) is 18.2 Å². The van der Waals surface area contributed by atoms with Crippen molar-refractivity contribution in [2.45, 2.75) is 11.4 Å². The number of benzene rings is 1. The lowest BCUT2D eigenvalue weighted by Gasteiger charge is -2.30. The first kappa shape index (κ1) is 16.8. The topological polar surface area (TPSA) is 96.6 Å². The molecule has 1 aliphatic rings. The van der Waals surface area contributed by atoms with E-state index in [1.54, 1.807) is 6.07 Å². The van der Waals surface area contributed by atoms with Crippen LogP contribution in [0.25, 0.3) is 0 Å². The van der Waals surface area contributed by atoms with Gasteiger partial charge < -0.3 is 5.73 Å². The quantitative estimate of drug-likeness (QED) is 0.855. The lowest BCUT2D eigenvalue weighted by Crippen LogP contribution is -2.46. The van der Waals surface area contributed by atoms with Crippen molar-refractivity contribution in [3.8, 4) is 0 Å². The van der Waals surface area contributed by atoms with Crippen LogP contribution >= 0.6 is 23.2 Å². The Labute approximate surface area is 148 Å². The summed E-state index contributed by atoms with van der Waals surface area (Å²) < 4.78 is 23.4. The molecule has 3 rings (SSSR count). The first-order chi connectivity index (χ1) is 11.2. The van der Waals surface area contributed by atoms with Crippen LogP contribution in [-0.2, 0) is 16.4 Å². The minimum absolute atomic E-state index is 0.0168. The summed E-state index contributed by atoms with van der Waals surface area (Å²) in [5, 5.41) is 2.81. The van der Waals surface area contributed by atoms with E-state index in [1.807, 2.05) is 0 Å². The molecule has 2 amide bonds. The first-order valence-corrected chi connectivity index (χ1v) is 9.26. The molecule has 2 heterocycles. The highest BCUT2D eigenvalue weighted by atomic mass is 35.5. The molecule has 2 aromatic rings. The zero-order chi connectivity index (χ0) is 17.6. The van der Waals surface area contributed by atoms with Crippen LogP contribution in [0, 0.1) is 6.20 Å². The van der Waals surface area contributed by atoms with Crippen LogP contribution in [0.1, 0.15) is 5.56 Å². The molecule has 0 spiro atoms. The lowest BCUT2D eigenvalue weighted by atomic mass is 10.2. The van der Waals surface area contributed by atoms with E-state index >= 15 is 0 Å². The normalized spacial score (nSPS) is 14.0. The predicted octanol–water partition coefficient (Wildman–Crippen LogP) is 2.41. The number of anilines is 2. The van der Waals surface area contributed by atoms with E-state index in [2.05, 4.69) is 11.2 Å². The summed E-state index contributed by atoms with van der Waals surface area (Å²) in [6, 6.07) is 3.43. The number of nitrogens with zero attached hydrogens (tertiary/aromatic N) is 3. The summed E-state index contributed by atoms with van der Waals surface area (Å²) in [4.78, 5) is 15.8. The van der Waals surface area contributed by atoms with Crippen LogP contribution in [0.5, 0.6) is 0 Å². The van der Waals surface area contributed by atoms with Crippen LogP contribution in [0.4, 0.5) is 16.2 Å². The number of halogens is 2. The van der Waals surface area contributed by atoms with Gasteiger partial charge in [-0.3, -0.25) is 9.99 Å². The second-order valence-corrected chi connectivity index (χ2v) is 7.97. The third-order valence-electron chi connectivity index (χ3n) is 3.48. The molecule has 125 valence electrons. The van der Waals surface area contributed by atoms with Gasteiger partial charge in [-0.1, -0.05) is 23.2 Å². The fourth-order valence-electron chi connectivity index (χ4n) is 2.47. The Morgan fingerprint density at radius 3 is 2.50 bits per heavy atom. The number of sulfone groups is 1. The van der Waals surface area contributed by atoms with E-state index in [0.717, 1.165) is 6.26 Å². The van der Waals surface area contributed by atoms with E-state index in [4.69, 9.17) is 28.9 Å². The number of rotatable bonds is 2. The maximum Gasteiger partial charge on any atom is 0.338 e. The molecule has 0 fully saturated rings. The van der Waals surface area contributed by atoms with Crippen LogP contribution in [0.15, 0.2) is 29.3 Å². The Bertz CT molecular complexity index is 926. The van der Waals surface area contributed by atoms with Crippen LogP contribution < -0.4 is 15.8 Å². The van der Waals surface area contributed by atoms with E-state index in [9.17, 15) is 13.2 Å². The zero-order valence-corrected chi connectivity index (χ0v) is 14.7. The third kappa shape index (κ3) is 2.77. The molecule has 2 N–H and O–H groups in total. The van der Waals surface area contributed by atoms with Crippen molar-refractivity contribution in [3.63, 3.8) is 0 Å². The molecule has 1 aromatic heterocycles. The number of hydrogen-bond donors (Lipinski definition) is 1. The fraction of sp³-hybridized carbons (Fsp3) is 0.143. The number of aromatic nitrogens is 1. The van der Waals surface area contributed by atoms with Gasteiger partial charge in [0.05, 0.1) is 39.1 Å². The highest BCUT2D eigenvalue weighted by Crippen LogP contribution is 2.42. The monoisotopic (exact) mass is 385 g/mol. The van der Waals surface area contributed by atoms with Gasteiger partial charge in [0.25, 0.3) is 0 Å². The molecule has 1 aromatic carbocycles. The number of hydrogen-bond acceptors (Lipinski definition) is 5. The Balaban J connectivity index is 2.15. The second kappa shape index (κ2) is 5.80. The summed E-state index contributed by atoms with van der Waals surface area (Å²) in [7, 11) is -3.48. The highest BCUT2D eigenvalue weighted by molar-refractivity contribution is 7.90. The number of carbonyl (C=O) groups excluding carboxylic acids is 1. The number of pyridine rings is 1. The van der Waals surface area contributed by atoms with Gasteiger partial charge >= 0.3 is 6.03 Å². The number of carbonyl (C=O) groups is 1. The van der Waals surface area contributed by atoms with Crippen molar-refractivity contribution < 1.29 is 13.2 Å². The maximum absolute atomic E-state index is 11.9. The molecule has 0 unspecified atom stereocenters. The molecular formula is C14H11Cl2N4O3S. The Kier molecular flexibility index (Phi) is 4.06. The number of hydrazine groups is 1. The molecule has 24 heavy (non-hydrogen) atoms. The van der Waals surface area contributed by atoms with Crippen molar-refractivity contribution in [2.24, 2.45) is 5.73 Å². The molecule has 10 heteroatoms. The van der Waals surface area contributed by atoms with E-state index in [-0.39, 0.29) is 27.2 Å². The SMILES string of the molecule is CS(=O)(=O)c1cc(Cl)c(N2Cc3[c]nccc3N2C(N)=O)c(Cl)c1. The minimum Gasteiger partial charge on any atom is -0.350 e. The smallest absolute Gasteiger partial charge is 0.338 e. The summed E-state index contributed by atoms with van der Waals surface area (Å²) in [6.07, 6.45) is 5.32. The molecule has 0 bridgehead atoms. The molecule has 1 aliphatic heterocycles. The second-order valence-electron chi connectivity index (χ2n) is 5.14. The van der Waals surface area contributed by atoms with Gasteiger partial charge in [-0.15, -0.1) is 0 Å². The van der Waals surface area contributed by atoms with Crippen molar-refractivity contribution in [3.05, 3.63) is 46.2 Å². The number of primary amides is 1. The van der Waals surface area contributed by atoms with Gasteiger partial charge in [0.2, 0.25) is 0 Å². The Morgan fingerprint density at radius 2 is 1.96 bits per heavy atom. The van der Waals surface area contributed by atoms with Crippen molar-refractivity contribution >= 4 is 50.4 Å². The van der Waals surface area contributed by atoms with Gasteiger partial charge in [0, 0.05) is 18.0 Å². The number of fused-ring (bicyclic) bond motifs is 1. The van der Waals surface area contributed by atoms with E-state index < -0.39 is 15.9 Å². The van der Waals surface area contributed by atoms with Crippen LogP contribution in [0.3, 0.4) is 0 Å². The molecule has 0 aliphatic carbocycles. The number of nitrogens with two attached hydrogens (primary N) is 1. The Morgan fingerprint density at radius 1 is 1.33 bits per heavy atom. The molecular weight excluding hydrogens is 375 g/mol. The van der Waals surface area contributed by atoms with Crippen molar-refractivity contribution in [2.75, 3.05) is 16.3 Å². The molecule has 7 nitrogen and oxygen atoms in total. The molecule has 0 atom stereocenters. The Hall–Kier alpha value is -2.03. The van der Waals surface area contributed by atoms with Crippen molar-refractivity contribution in [1.82, 2.24) is 4.98 Å². The minimum atomic E-state index is -3.48. The summed E-state index contributed by atoms with van der Waals surface area (Å²) in [6.45, 7) is 0.212. The predicted molar refractivity (Wildman–Crippen MR) is 90.9 cm³/mol. The fourth-order valence-corrected chi connectivity index (χ4v) is 3.94. The van der Waals surface area contributed by atoms with E-state index in [1.165, 1.54) is 28.3 Å². The van der Waals surface area contributed by atoms with Crippen LogP contribution in [-0.4, -0.2) is 25.7 Å². The average molecular weight is 386 g/mol. The average Bonchev–Trinajstić information content (AvgIpc) is 2.84. The standard InChI is InChI=1S/C14H11Cl2N4O3S/c1-24(22,23)9-4-10(15)13(11(16)5-9)19-7-8-6-18-3-2-12(8)20(19)14(17)21/h2-5H,7H2,1H3,(H2,17,21). The lowest BCUT2D eigenvalue weighted by molar-refractivity contribution is 0.253.